The Bertz CT molecular complexity index is 723. The van der Waals surface area contributed by atoms with Crippen LogP contribution in [0.4, 0.5) is 0 Å². The molecule has 1 N–H and O–H groups in total. The van der Waals surface area contributed by atoms with Gasteiger partial charge < -0.3 is 14.4 Å². The molecule has 20 heavy (non-hydrogen) atoms. The van der Waals surface area contributed by atoms with Gasteiger partial charge in [0.05, 0.1) is 16.5 Å². The summed E-state index contributed by atoms with van der Waals surface area (Å²) in [5.74, 6) is -1.94. The van der Waals surface area contributed by atoms with E-state index >= 15 is 0 Å². The van der Waals surface area contributed by atoms with Crippen LogP contribution in [-0.4, -0.2) is 22.8 Å². The van der Waals surface area contributed by atoms with E-state index in [0.717, 1.165) is 0 Å². The number of hydrogen-bond donors (Lipinski definition) is 1. The van der Waals surface area contributed by atoms with Crippen LogP contribution in [-0.2, 0) is 16.3 Å². The van der Waals surface area contributed by atoms with Crippen LogP contribution < -0.4 is 5.43 Å². The molecule has 1 aromatic heterocycles. The molecule has 5 nitrogen and oxygen atoms in total. The highest BCUT2D eigenvalue weighted by atomic mass is 35.5. The van der Waals surface area contributed by atoms with E-state index in [4.69, 9.17) is 21.4 Å². The number of carboxylic acids is 1. The van der Waals surface area contributed by atoms with E-state index < -0.39 is 11.9 Å². The van der Waals surface area contributed by atoms with Gasteiger partial charge in [-0.2, -0.15) is 0 Å². The molecule has 1 atom stereocenters. The number of hydrogen-bond acceptors (Lipinski definition) is 3. The summed E-state index contributed by atoms with van der Waals surface area (Å²) >= 11 is 6.13. The summed E-state index contributed by atoms with van der Waals surface area (Å²) in [6.07, 6.45) is 1.50. The van der Waals surface area contributed by atoms with Crippen molar-refractivity contribution in [1.29, 1.82) is 0 Å². The number of nitrogens with zero attached hydrogens (tertiary/aromatic N) is 1. The number of carbonyl (C=O) groups is 1. The topological polar surface area (TPSA) is 68.5 Å². The normalized spacial score (nSPS) is 12.6. The van der Waals surface area contributed by atoms with Crippen molar-refractivity contribution in [3.8, 4) is 0 Å². The van der Waals surface area contributed by atoms with Gasteiger partial charge in [-0.05, 0) is 19.1 Å². The maximum absolute atomic E-state index is 12.4. The van der Waals surface area contributed by atoms with Crippen molar-refractivity contribution < 1.29 is 14.6 Å². The highest BCUT2D eigenvalue weighted by molar-refractivity contribution is 6.35. The first-order valence-corrected chi connectivity index (χ1v) is 6.38. The average Bonchev–Trinajstić information content (AvgIpc) is 2.41. The number of para-hydroxylation sites is 1. The van der Waals surface area contributed by atoms with Gasteiger partial charge in [0, 0.05) is 24.3 Å². The van der Waals surface area contributed by atoms with Crippen molar-refractivity contribution in [2.75, 3.05) is 7.11 Å². The first-order valence-electron chi connectivity index (χ1n) is 6.00. The lowest BCUT2D eigenvalue weighted by molar-refractivity contribution is -0.138. The monoisotopic (exact) mass is 295 g/mol. The largest absolute Gasteiger partial charge is 0.481 e. The number of methoxy groups -OCH3 is 1. The molecule has 0 aliphatic rings. The van der Waals surface area contributed by atoms with Gasteiger partial charge >= 0.3 is 5.97 Å². The number of pyridine rings is 1. The van der Waals surface area contributed by atoms with Crippen molar-refractivity contribution in [2.45, 2.75) is 19.6 Å². The average molecular weight is 296 g/mol. The number of aliphatic carboxylic acids is 1. The quantitative estimate of drug-likeness (QED) is 0.940. The second kappa shape index (κ2) is 5.64. The predicted molar refractivity (Wildman–Crippen MR) is 76.3 cm³/mol. The first kappa shape index (κ1) is 14.6. The molecule has 0 aliphatic carbocycles. The van der Waals surface area contributed by atoms with Crippen LogP contribution in [0, 0.1) is 0 Å². The third-order valence-electron chi connectivity index (χ3n) is 3.18. The lowest BCUT2D eigenvalue weighted by atomic mass is 10.0. The Morgan fingerprint density at radius 3 is 2.80 bits per heavy atom. The second-order valence-electron chi connectivity index (χ2n) is 4.50. The van der Waals surface area contributed by atoms with Crippen molar-refractivity contribution in [3.05, 3.63) is 45.2 Å². The summed E-state index contributed by atoms with van der Waals surface area (Å²) in [6.45, 7) is 1.66. The maximum Gasteiger partial charge on any atom is 0.310 e. The molecule has 0 bridgehead atoms. The molecule has 1 aromatic carbocycles. The Morgan fingerprint density at radius 1 is 1.50 bits per heavy atom. The fourth-order valence-electron chi connectivity index (χ4n) is 2.12. The van der Waals surface area contributed by atoms with Gasteiger partial charge in [0.15, 0.2) is 5.43 Å². The Morgan fingerprint density at radius 2 is 2.20 bits per heavy atom. The van der Waals surface area contributed by atoms with Gasteiger partial charge in [-0.3, -0.25) is 9.59 Å². The van der Waals surface area contributed by atoms with E-state index in [1.807, 2.05) is 0 Å². The lowest BCUT2D eigenvalue weighted by Gasteiger charge is -2.15. The Balaban J connectivity index is 2.84. The van der Waals surface area contributed by atoms with Crippen LogP contribution in [0.25, 0.3) is 10.9 Å². The molecule has 1 heterocycles. The number of benzene rings is 1. The number of carboxylic acid groups (broad SMARTS) is 1. The van der Waals surface area contributed by atoms with Gasteiger partial charge in [0.25, 0.3) is 0 Å². The summed E-state index contributed by atoms with van der Waals surface area (Å²) < 4.78 is 6.73. The van der Waals surface area contributed by atoms with E-state index in [0.29, 0.717) is 15.9 Å². The summed E-state index contributed by atoms with van der Waals surface area (Å²) in [6, 6.07) is 4.97. The molecule has 0 amide bonds. The zero-order chi connectivity index (χ0) is 14.9. The summed E-state index contributed by atoms with van der Waals surface area (Å²) in [5, 5.41) is 9.91. The molecule has 0 spiro atoms. The smallest absolute Gasteiger partial charge is 0.310 e. The van der Waals surface area contributed by atoms with Crippen LogP contribution >= 0.6 is 11.6 Å². The zero-order valence-electron chi connectivity index (χ0n) is 11.1. The van der Waals surface area contributed by atoms with E-state index in [1.54, 1.807) is 22.8 Å². The van der Waals surface area contributed by atoms with E-state index in [1.165, 1.54) is 20.2 Å². The van der Waals surface area contributed by atoms with Gasteiger partial charge in [-0.1, -0.05) is 17.7 Å². The molecule has 0 saturated heterocycles. The minimum Gasteiger partial charge on any atom is -0.481 e. The van der Waals surface area contributed by atoms with Crippen LogP contribution in [0.15, 0.2) is 29.2 Å². The standard InChI is InChI=1S/C14H14ClNO4/c1-8(14(18)19)10-6-16(7-20-2)12-9(13(10)17)4-3-5-11(12)15/h3-6,8H,7H2,1-2H3,(H,18,19). The molecular formula is C14H14ClNO4. The van der Waals surface area contributed by atoms with Crippen molar-refractivity contribution >= 4 is 28.5 Å². The van der Waals surface area contributed by atoms with E-state index in [-0.39, 0.29) is 17.7 Å². The molecule has 0 aliphatic heterocycles. The Labute approximate surface area is 120 Å². The molecule has 106 valence electrons. The van der Waals surface area contributed by atoms with E-state index in [9.17, 15) is 9.59 Å². The highest BCUT2D eigenvalue weighted by Gasteiger charge is 2.20. The number of ether oxygens (including phenoxy) is 1. The van der Waals surface area contributed by atoms with Crippen LogP contribution in [0.2, 0.25) is 5.02 Å². The van der Waals surface area contributed by atoms with Crippen LogP contribution in [0.1, 0.15) is 18.4 Å². The van der Waals surface area contributed by atoms with Crippen LogP contribution in [0.5, 0.6) is 0 Å². The fourth-order valence-corrected chi connectivity index (χ4v) is 2.40. The Kier molecular flexibility index (Phi) is 4.11. The molecule has 1 unspecified atom stereocenters. The van der Waals surface area contributed by atoms with E-state index in [2.05, 4.69) is 0 Å². The Hall–Kier alpha value is -1.85. The maximum atomic E-state index is 12.4. The molecule has 0 saturated carbocycles. The SMILES string of the molecule is COCn1cc(C(C)C(=O)O)c(=O)c2cccc(Cl)c21. The summed E-state index contributed by atoms with van der Waals surface area (Å²) in [7, 11) is 1.51. The summed E-state index contributed by atoms with van der Waals surface area (Å²) in [4.78, 5) is 23.5. The fraction of sp³-hybridized carbons (Fsp3) is 0.286. The third-order valence-corrected chi connectivity index (χ3v) is 3.49. The van der Waals surface area contributed by atoms with Gasteiger partial charge in [0.2, 0.25) is 0 Å². The number of aromatic nitrogens is 1. The number of halogens is 1. The first-order chi connectivity index (χ1) is 9.47. The molecule has 2 rings (SSSR count). The minimum atomic E-state index is -1.05. The van der Waals surface area contributed by atoms with Gasteiger partial charge in [0.1, 0.15) is 6.73 Å². The number of rotatable bonds is 4. The molecule has 0 radical (unpaired) electrons. The van der Waals surface area contributed by atoms with Crippen molar-refractivity contribution in [1.82, 2.24) is 4.57 Å². The van der Waals surface area contributed by atoms with Gasteiger partial charge in [-0.25, -0.2) is 0 Å². The lowest BCUT2D eigenvalue weighted by Crippen LogP contribution is -2.21. The van der Waals surface area contributed by atoms with Gasteiger partial charge in [-0.15, -0.1) is 0 Å². The number of fused-ring (bicyclic) bond motifs is 1. The molecule has 2 aromatic rings. The van der Waals surface area contributed by atoms with Crippen molar-refractivity contribution in [2.24, 2.45) is 0 Å². The molecule has 6 heteroatoms. The third kappa shape index (κ3) is 2.42. The zero-order valence-corrected chi connectivity index (χ0v) is 11.8. The van der Waals surface area contributed by atoms with Crippen molar-refractivity contribution in [3.63, 3.8) is 0 Å². The van der Waals surface area contributed by atoms with Crippen LogP contribution in [0.3, 0.4) is 0 Å². The summed E-state index contributed by atoms with van der Waals surface area (Å²) in [5.41, 5.74) is 0.441. The second-order valence-corrected chi connectivity index (χ2v) is 4.90. The predicted octanol–water partition coefficient (Wildman–Crippen LogP) is 2.45. The highest BCUT2D eigenvalue weighted by Crippen LogP contribution is 2.24. The molecular weight excluding hydrogens is 282 g/mol. The minimum absolute atomic E-state index is 0.180. The molecule has 0 fully saturated rings.